The Balaban J connectivity index is 2.80. The normalized spacial score (nSPS) is 13.0. The molecule has 1 unspecified atom stereocenters. The van der Waals surface area contributed by atoms with E-state index < -0.39 is 56.8 Å². The number of ether oxygens (including phenoxy) is 1. The molecule has 0 saturated heterocycles. The molecule has 0 aromatic heterocycles. The fraction of sp³-hybridized carbons (Fsp3) is 0.533. The lowest BCUT2D eigenvalue weighted by Gasteiger charge is -2.15. The number of halogens is 6. The minimum Gasteiger partial charge on any atom is -0.455 e. The van der Waals surface area contributed by atoms with Gasteiger partial charge in [0.1, 0.15) is 11.7 Å². The lowest BCUT2D eigenvalue weighted by atomic mass is 10.0. The summed E-state index contributed by atoms with van der Waals surface area (Å²) in [4.78, 5) is 30.5. The van der Waals surface area contributed by atoms with Crippen LogP contribution in [0, 0.1) is 20.2 Å². The van der Waals surface area contributed by atoms with Crippen molar-refractivity contribution in [2.45, 2.75) is 38.2 Å². The minimum atomic E-state index is -5.16. The van der Waals surface area contributed by atoms with Crippen LogP contribution in [-0.2, 0) is 22.1 Å². The molecule has 0 aliphatic heterocycles. The number of hydrogen-bond acceptors (Lipinski definition) is 7. The Labute approximate surface area is 164 Å². The van der Waals surface area contributed by atoms with E-state index in [1.165, 1.54) is 6.92 Å². The number of rotatable bonds is 9. The summed E-state index contributed by atoms with van der Waals surface area (Å²) in [5.74, 6) is -2.38. The van der Waals surface area contributed by atoms with Gasteiger partial charge in [-0.2, -0.15) is 26.3 Å². The first-order valence-electron chi connectivity index (χ1n) is 8.16. The molecule has 30 heavy (non-hydrogen) atoms. The summed E-state index contributed by atoms with van der Waals surface area (Å²) in [6, 6.07) is 0.406. The number of benzene rings is 1. The molecular formula is C15H15F6N3O6. The Morgan fingerprint density at radius 2 is 1.60 bits per heavy atom. The van der Waals surface area contributed by atoms with Gasteiger partial charge in [-0.15, -0.1) is 0 Å². The van der Waals surface area contributed by atoms with Crippen molar-refractivity contribution in [1.82, 2.24) is 5.32 Å². The topological polar surface area (TPSA) is 125 Å². The summed E-state index contributed by atoms with van der Waals surface area (Å²) >= 11 is 0. The number of hydrogen-bond donors (Lipinski definition) is 1. The molecule has 1 rings (SSSR count). The molecule has 1 aromatic carbocycles. The van der Waals surface area contributed by atoms with Gasteiger partial charge in [0, 0.05) is 18.7 Å². The van der Waals surface area contributed by atoms with Crippen LogP contribution in [0.25, 0.3) is 0 Å². The van der Waals surface area contributed by atoms with Crippen LogP contribution in [0.4, 0.5) is 37.7 Å². The van der Waals surface area contributed by atoms with Gasteiger partial charge in [0.25, 0.3) is 11.4 Å². The van der Waals surface area contributed by atoms with Crippen molar-refractivity contribution in [2.24, 2.45) is 0 Å². The Hall–Kier alpha value is -2.97. The zero-order valence-corrected chi connectivity index (χ0v) is 15.2. The standard InChI is InChI=1S/C15H15F6N3O6/c1-8(30-13(25)15(19,20)21)7-22-4-2-3-10-11(23(26)27)5-9(14(16,17)18)6-12(10)24(28)29/h5-6,8,22H,2-4,7H2,1H3. The fourth-order valence-corrected chi connectivity index (χ4v) is 2.37. The second kappa shape index (κ2) is 9.69. The largest absolute Gasteiger partial charge is 0.490 e. The Bertz CT molecular complexity index is 776. The van der Waals surface area contributed by atoms with Gasteiger partial charge in [-0.1, -0.05) is 0 Å². The van der Waals surface area contributed by atoms with Crippen LogP contribution in [0.15, 0.2) is 12.1 Å². The molecule has 15 heteroatoms. The van der Waals surface area contributed by atoms with E-state index in [1.807, 2.05) is 0 Å². The maximum absolute atomic E-state index is 12.8. The van der Waals surface area contributed by atoms with Gasteiger partial charge >= 0.3 is 18.3 Å². The van der Waals surface area contributed by atoms with Crippen molar-refractivity contribution in [3.8, 4) is 0 Å². The van der Waals surface area contributed by atoms with E-state index in [0.29, 0.717) is 0 Å². The lowest BCUT2D eigenvalue weighted by molar-refractivity contribution is -0.395. The number of nitro benzene ring substituents is 2. The first kappa shape index (κ1) is 25.1. The molecule has 0 heterocycles. The van der Waals surface area contributed by atoms with Crippen molar-refractivity contribution >= 4 is 17.3 Å². The first-order chi connectivity index (χ1) is 13.6. The van der Waals surface area contributed by atoms with Crippen molar-refractivity contribution in [2.75, 3.05) is 13.1 Å². The smallest absolute Gasteiger partial charge is 0.455 e. The molecule has 1 N–H and O–H groups in total. The summed E-state index contributed by atoms with van der Waals surface area (Å²) in [5, 5.41) is 24.8. The van der Waals surface area contributed by atoms with Gasteiger partial charge in [0.2, 0.25) is 0 Å². The number of carbonyl (C=O) groups is 1. The number of carbonyl (C=O) groups excluding carboxylic acids is 1. The zero-order chi connectivity index (χ0) is 23.3. The average Bonchev–Trinajstić information content (AvgIpc) is 2.58. The Kier molecular flexibility index (Phi) is 8.09. The van der Waals surface area contributed by atoms with Crippen molar-refractivity contribution in [3.63, 3.8) is 0 Å². The van der Waals surface area contributed by atoms with Crippen molar-refractivity contribution in [3.05, 3.63) is 43.5 Å². The molecule has 9 nitrogen and oxygen atoms in total. The second-order valence-electron chi connectivity index (χ2n) is 6.03. The second-order valence-corrected chi connectivity index (χ2v) is 6.03. The predicted octanol–water partition coefficient (Wildman–Crippen LogP) is 3.54. The van der Waals surface area contributed by atoms with Crippen molar-refractivity contribution < 1.29 is 45.7 Å². The lowest BCUT2D eigenvalue weighted by Crippen LogP contribution is -2.34. The van der Waals surface area contributed by atoms with E-state index in [0.717, 1.165) is 0 Å². The molecule has 0 amide bonds. The van der Waals surface area contributed by atoms with E-state index in [1.54, 1.807) is 0 Å². The molecule has 0 aliphatic rings. The third-order valence-electron chi connectivity index (χ3n) is 3.68. The first-order valence-corrected chi connectivity index (χ1v) is 8.16. The number of nitro groups is 2. The van der Waals surface area contributed by atoms with Gasteiger partial charge in [0.05, 0.1) is 15.4 Å². The summed E-state index contributed by atoms with van der Waals surface area (Å²) in [7, 11) is 0. The summed E-state index contributed by atoms with van der Waals surface area (Å²) < 4.78 is 78.8. The van der Waals surface area contributed by atoms with Crippen LogP contribution in [0.3, 0.4) is 0 Å². The van der Waals surface area contributed by atoms with E-state index >= 15 is 0 Å². The average molecular weight is 447 g/mol. The predicted molar refractivity (Wildman–Crippen MR) is 87.6 cm³/mol. The van der Waals surface area contributed by atoms with Crippen LogP contribution in [0.1, 0.15) is 24.5 Å². The minimum absolute atomic E-state index is 0.0246. The number of nitrogens with zero attached hydrogens (tertiary/aromatic N) is 2. The zero-order valence-electron chi connectivity index (χ0n) is 15.2. The van der Waals surface area contributed by atoms with Gasteiger partial charge in [-0.05, 0) is 26.3 Å². The molecule has 0 spiro atoms. The molecule has 0 saturated carbocycles. The van der Waals surface area contributed by atoms with Crippen LogP contribution in [0.2, 0.25) is 0 Å². The number of nitrogens with one attached hydrogen (secondary N) is 1. The number of alkyl halides is 6. The molecular weight excluding hydrogens is 432 g/mol. The highest BCUT2D eigenvalue weighted by atomic mass is 19.4. The molecule has 1 atom stereocenters. The molecule has 0 radical (unpaired) electrons. The third kappa shape index (κ3) is 7.13. The maximum Gasteiger partial charge on any atom is 0.490 e. The summed E-state index contributed by atoms with van der Waals surface area (Å²) in [5.41, 5.74) is -4.19. The van der Waals surface area contributed by atoms with Crippen molar-refractivity contribution in [1.29, 1.82) is 0 Å². The van der Waals surface area contributed by atoms with Gasteiger partial charge in [-0.25, -0.2) is 4.79 Å². The highest BCUT2D eigenvalue weighted by Crippen LogP contribution is 2.38. The van der Waals surface area contributed by atoms with E-state index in [9.17, 15) is 51.4 Å². The van der Waals surface area contributed by atoms with Crippen LogP contribution in [-0.4, -0.2) is 41.2 Å². The SMILES string of the molecule is CC(CNCCCc1c([N+](=O)[O-])cc(C(F)(F)F)cc1[N+](=O)[O-])OC(=O)C(F)(F)F. The molecule has 0 aliphatic carbocycles. The highest BCUT2D eigenvalue weighted by molar-refractivity contribution is 5.75. The van der Waals surface area contributed by atoms with E-state index in [2.05, 4.69) is 10.1 Å². The summed E-state index contributed by atoms with van der Waals surface area (Å²) in [6.07, 6.45) is -11.7. The molecule has 168 valence electrons. The maximum atomic E-state index is 12.8. The van der Waals surface area contributed by atoms with E-state index in [-0.39, 0.29) is 38.1 Å². The van der Waals surface area contributed by atoms with Crippen LogP contribution >= 0.6 is 0 Å². The van der Waals surface area contributed by atoms with Gasteiger partial charge in [0.15, 0.2) is 0 Å². The quantitative estimate of drug-likeness (QED) is 0.202. The molecule has 0 fully saturated rings. The highest BCUT2D eigenvalue weighted by Gasteiger charge is 2.41. The Morgan fingerprint density at radius 1 is 1.10 bits per heavy atom. The van der Waals surface area contributed by atoms with Gasteiger partial charge in [-0.3, -0.25) is 20.2 Å². The molecule has 1 aromatic rings. The van der Waals surface area contributed by atoms with E-state index in [4.69, 9.17) is 0 Å². The Morgan fingerprint density at radius 3 is 2.00 bits per heavy atom. The molecule has 0 bridgehead atoms. The number of esters is 1. The van der Waals surface area contributed by atoms with Gasteiger partial charge < -0.3 is 10.1 Å². The monoisotopic (exact) mass is 447 g/mol. The van der Waals surface area contributed by atoms with Crippen LogP contribution in [0.5, 0.6) is 0 Å². The van der Waals surface area contributed by atoms with Crippen LogP contribution < -0.4 is 5.32 Å². The summed E-state index contributed by atoms with van der Waals surface area (Å²) in [6.45, 7) is 0.921. The third-order valence-corrected chi connectivity index (χ3v) is 3.68. The fourth-order valence-electron chi connectivity index (χ4n) is 2.37.